The van der Waals surface area contributed by atoms with Crippen LogP contribution in [0.2, 0.25) is 0 Å². The minimum absolute atomic E-state index is 0.143. The van der Waals surface area contributed by atoms with E-state index in [-0.39, 0.29) is 18.2 Å². The zero-order valence-electron chi connectivity index (χ0n) is 18.5. The van der Waals surface area contributed by atoms with Crippen molar-refractivity contribution in [1.82, 2.24) is 5.32 Å². The number of carbonyl (C=O) groups is 1. The van der Waals surface area contributed by atoms with Crippen molar-refractivity contribution >= 4 is 21.6 Å². The summed E-state index contributed by atoms with van der Waals surface area (Å²) < 4.78 is 46.6. The van der Waals surface area contributed by atoms with Crippen molar-refractivity contribution in [2.24, 2.45) is 0 Å². The minimum atomic E-state index is -3.92. The Morgan fingerprint density at radius 3 is 2.58 bits per heavy atom. The molecule has 1 amide bonds. The fraction of sp³-hybridized carbons (Fsp3) is 0.435. The molecule has 8 heteroatoms. The van der Waals surface area contributed by atoms with Gasteiger partial charge in [-0.3, -0.25) is 9.10 Å². The second-order valence-corrected chi connectivity index (χ2v) is 10.5. The van der Waals surface area contributed by atoms with Crippen molar-refractivity contribution < 1.29 is 22.3 Å². The van der Waals surface area contributed by atoms with E-state index in [0.29, 0.717) is 12.2 Å². The Kier molecular flexibility index (Phi) is 6.32. The normalized spacial score (nSPS) is 18.5. The van der Waals surface area contributed by atoms with E-state index in [1.165, 1.54) is 18.2 Å². The van der Waals surface area contributed by atoms with Gasteiger partial charge in [-0.1, -0.05) is 31.2 Å². The van der Waals surface area contributed by atoms with Crippen molar-refractivity contribution in [3.05, 3.63) is 59.4 Å². The number of ether oxygens (including phenoxy) is 1. The first kappa shape index (κ1) is 23.1. The van der Waals surface area contributed by atoms with E-state index in [1.54, 1.807) is 13.0 Å². The van der Waals surface area contributed by atoms with Gasteiger partial charge >= 0.3 is 0 Å². The summed E-state index contributed by atoms with van der Waals surface area (Å²) in [4.78, 5) is 13.3. The number of nitrogens with zero attached hydrogens (tertiary/aromatic N) is 1. The fourth-order valence-electron chi connectivity index (χ4n) is 4.02. The van der Waals surface area contributed by atoms with E-state index >= 15 is 0 Å². The van der Waals surface area contributed by atoms with Crippen molar-refractivity contribution in [1.29, 1.82) is 0 Å². The molecule has 1 N–H and O–H groups in total. The molecular weight excluding hydrogens is 419 g/mol. The van der Waals surface area contributed by atoms with Crippen LogP contribution in [0.4, 0.5) is 10.1 Å². The summed E-state index contributed by atoms with van der Waals surface area (Å²) in [6.45, 7) is 7.55. The second kappa shape index (κ2) is 8.49. The van der Waals surface area contributed by atoms with Crippen LogP contribution in [0.1, 0.15) is 50.8 Å². The van der Waals surface area contributed by atoms with Crippen LogP contribution in [0.15, 0.2) is 42.5 Å². The summed E-state index contributed by atoms with van der Waals surface area (Å²) in [5.74, 6) is -0.485. The third kappa shape index (κ3) is 5.01. The molecule has 0 aromatic heterocycles. The summed E-state index contributed by atoms with van der Waals surface area (Å²) in [6, 6.07) is 9.89. The number of carbonyl (C=O) groups excluding carboxylic acids is 1. The van der Waals surface area contributed by atoms with Crippen LogP contribution in [-0.4, -0.2) is 32.2 Å². The molecule has 0 aliphatic carbocycles. The number of hydrogen-bond acceptors (Lipinski definition) is 4. The van der Waals surface area contributed by atoms with Gasteiger partial charge < -0.3 is 10.1 Å². The molecule has 1 aliphatic rings. The Morgan fingerprint density at radius 2 is 1.97 bits per heavy atom. The van der Waals surface area contributed by atoms with E-state index in [2.05, 4.69) is 5.32 Å². The van der Waals surface area contributed by atoms with Gasteiger partial charge in [0.05, 0.1) is 18.0 Å². The van der Waals surface area contributed by atoms with Crippen molar-refractivity contribution in [2.45, 2.75) is 58.2 Å². The highest BCUT2D eigenvalue weighted by Crippen LogP contribution is 2.40. The summed E-state index contributed by atoms with van der Waals surface area (Å²) in [5.41, 5.74) is 1.22. The molecule has 0 saturated carbocycles. The molecule has 2 aromatic carbocycles. The van der Waals surface area contributed by atoms with Crippen LogP contribution in [0.25, 0.3) is 0 Å². The van der Waals surface area contributed by atoms with Crippen LogP contribution in [0, 0.1) is 12.7 Å². The number of aryl methyl sites for hydroxylation is 1. The van der Waals surface area contributed by atoms with Gasteiger partial charge in [-0.25, -0.2) is 12.8 Å². The maximum atomic E-state index is 14.5. The summed E-state index contributed by atoms with van der Waals surface area (Å²) in [7, 11) is -3.92. The van der Waals surface area contributed by atoms with Crippen LogP contribution in [0.3, 0.4) is 0 Å². The number of fused-ring (bicyclic) bond motifs is 1. The lowest BCUT2D eigenvalue weighted by Crippen LogP contribution is -2.51. The van der Waals surface area contributed by atoms with Crippen molar-refractivity contribution in [3.8, 4) is 5.75 Å². The van der Waals surface area contributed by atoms with Crippen LogP contribution in [0.5, 0.6) is 5.75 Å². The first-order valence-electron chi connectivity index (χ1n) is 10.3. The van der Waals surface area contributed by atoms with Crippen molar-refractivity contribution in [2.75, 3.05) is 10.6 Å². The molecule has 1 heterocycles. The maximum Gasteiger partial charge on any atom is 0.244 e. The average Bonchev–Trinajstić information content (AvgIpc) is 2.64. The third-order valence-corrected chi connectivity index (χ3v) is 6.53. The highest BCUT2D eigenvalue weighted by atomic mass is 32.2. The van der Waals surface area contributed by atoms with Crippen molar-refractivity contribution in [3.63, 3.8) is 0 Å². The minimum Gasteiger partial charge on any atom is -0.487 e. The first-order valence-corrected chi connectivity index (χ1v) is 12.1. The van der Waals surface area contributed by atoms with Gasteiger partial charge in [-0.2, -0.15) is 0 Å². The predicted octanol–water partition coefficient (Wildman–Crippen LogP) is 4.10. The van der Waals surface area contributed by atoms with E-state index in [1.807, 2.05) is 39.0 Å². The SMILES string of the molecule is CCC(C(=O)NC1CC(C)(C)Oc2cc(C)ccc21)N(c1ccccc1F)S(C)(=O)=O. The van der Waals surface area contributed by atoms with Crippen LogP contribution in [-0.2, 0) is 14.8 Å². The zero-order valence-corrected chi connectivity index (χ0v) is 19.3. The van der Waals surface area contributed by atoms with Gasteiger partial charge in [0.25, 0.3) is 0 Å². The topological polar surface area (TPSA) is 75.7 Å². The molecule has 3 rings (SSSR count). The number of halogens is 1. The molecule has 6 nitrogen and oxygen atoms in total. The standard InChI is InChI=1S/C23H29FN2O4S/c1-6-19(26(31(5,28)29)20-10-8-7-9-17(20)24)22(27)25-18-14-23(3,4)30-21-13-15(2)11-12-16(18)21/h7-13,18-19H,6,14H2,1-5H3,(H,25,27). The Bertz CT molecular complexity index is 1080. The Labute approximate surface area is 183 Å². The highest BCUT2D eigenvalue weighted by molar-refractivity contribution is 7.92. The van der Waals surface area contributed by atoms with E-state index in [9.17, 15) is 17.6 Å². The fourth-order valence-corrected chi connectivity index (χ4v) is 5.23. The summed E-state index contributed by atoms with van der Waals surface area (Å²) in [6.07, 6.45) is 1.68. The molecule has 168 valence electrons. The van der Waals surface area contributed by atoms with Gasteiger partial charge in [-0.15, -0.1) is 0 Å². The van der Waals surface area contributed by atoms with Gasteiger partial charge in [0.1, 0.15) is 23.2 Å². The number of hydrogen-bond donors (Lipinski definition) is 1. The first-order chi connectivity index (χ1) is 14.4. The van der Waals surface area contributed by atoms with Gasteiger partial charge in [0.2, 0.25) is 15.9 Å². The molecule has 0 fully saturated rings. The number of rotatable bonds is 6. The zero-order chi connectivity index (χ0) is 23.0. The number of amides is 1. The Hall–Kier alpha value is -2.61. The lowest BCUT2D eigenvalue weighted by Gasteiger charge is -2.39. The number of sulfonamides is 1. The van der Waals surface area contributed by atoms with E-state index in [4.69, 9.17) is 4.74 Å². The Balaban J connectivity index is 1.96. The maximum absolute atomic E-state index is 14.5. The molecule has 0 saturated heterocycles. The van der Waals surface area contributed by atoms with E-state index in [0.717, 1.165) is 21.7 Å². The number of anilines is 1. The van der Waals surface area contributed by atoms with Gasteiger partial charge in [0, 0.05) is 12.0 Å². The van der Waals surface area contributed by atoms with Gasteiger partial charge in [-0.05, 0) is 51.0 Å². The number of para-hydroxylation sites is 1. The molecule has 2 atom stereocenters. The third-order valence-electron chi connectivity index (χ3n) is 5.36. The Morgan fingerprint density at radius 1 is 1.29 bits per heavy atom. The second-order valence-electron chi connectivity index (χ2n) is 8.60. The molecule has 2 aromatic rings. The predicted molar refractivity (Wildman–Crippen MR) is 119 cm³/mol. The monoisotopic (exact) mass is 448 g/mol. The van der Waals surface area contributed by atoms with Gasteiger partial charge in [0.15, 0.2) is 0 Å². The summed E-state index contributed by atoms with van der Waals surface area (Å²) in [5, 5.41) is 3.00. The highest BCUT2D eigenvalue weighted by Gasteiger charge is 2.38. The molecule has 0 spiro atoms. The average molecular weight is 449 g/mol. The largest absolute Gasteiger partial charge is 0.487 e. The lowest BCUT2D eigenvalue weighted by atomic mass is 9.89. The summed E-state index contributed by atoms with van der Waals surface area (Å²) >= 11 is 0. The molecule has 2 unspecified atom stereocenters. The van der Waals surface area contributed by atoms with Crippen LogP contribution < -0.4 is 14.4 Å². The molecule has 0 bridgehead atoms. The molecule has 31 heavy (non-hydrogen) atoms. The lowest BCUT2D eigenvalue weighted by molar-refractivity contribution is -0.123. The smallest absolute Gasteiger partial charge is 0.244 e. The molecule has 0 radical (unpaired) electrons. The number of nitrogens with one attached hydrogen (secondary N) is 1. The quantitative estimate of drug-likeness (QED) is 0.722. The molecule has 1 aliphatic heterocycles. The molecular formula is C23H29FN2O4S. The number of benzene rings is 2. The van der Waals surface area contributed by atoms with E-state index < -0.39 is 33.4 Å². The van der Waals surface area contributed by atoms with Crippen LogP contribution >= 0.6 is 0 Å².